The summed E-state index contributed by atoms with van der Waals surface area (Å²) in [4.78, 5) is 2.37. The summed E-state index contributed by atoms with van der Waals surface area (Å²) >= 11 is 0. The van der Waals surface area contributed by atoms with Crippen LogP contribution in [-0.2, 0) is 0 Å². The Labute approximate surface area is 96.3 Å². The van der Waals surface area contributed by atoms with Crippen molar-refractivity contribution in [3.05, 3.63) is 29.6 Å². The maximum atomic E-state index is 13.1. The van der Waals surface area contributed by atoms with Gasteiger partial charge >= 0.3 is 0 Å². The Balaban J connectivity index is 1.70. The lowest BCUT2D eigenvalue weighted by Gasteiger charge is -2.59. The van der Waals surface area contributed by atoms with Crippen molar-refractivity contribution in [2.24, 2.45) is 11.3 Å². The average molecular weight is 219 g/mol. The predicted octanol–water partition coefficient (Wildman–Crippen LogP) is 3.37. The van der Waals surface area contributed by atoms with E-state index in [-0.39, 0.29) is 5.82 Å². The first kappa shape index (κ1) is 10.1. The number of hydrogen-bond acceptors (Lipinski definition) is 1. The van der Waals surface area contributed by atoms with Crippen LogP contribution in [-0.4, -0.2) is 13.1 Å². The van der Waals surface area contributed by atoms with Gasteiger partial charge < -0.3 is 4.90 Å². The summed E-state index contributed by atoms with van der Waals surface area (Å²) in [6.07, 6.45) is 2.76. The highest BCUT2D eigenvalue weighted by atomic mass is 19.1. The van der Waals surface area contributed by atoms with Gasteiger partial charge in [0.1, 0.15) is 5.82 Å². The standard InChI is InChI=1S/C14H18FN/c1-10-6-14(7-10)8-16(9-14)12-3-4-13(15)11(2)5-12/h3-5,10H,6-9H2,1-2H3. The lowest BCUT2D eigenvalue weighted by atomic mass is 9.58. The molecule has 1 spiro atoms. The van der Waals surface area contributed by atoms with Gasteiger partial charge in [-0.25, -0.2) is 4.39 Å². The van der Waals surface area contributed by atoms with E-state index in [1.165, 1.54) is 31.6 Å². The van der Waals surface area contributed by atoms with Crippen LogP contribution < -0.4 is 4.90 Å². The molecule has 0 aromatic heterocycles. The van der Waals surface area contributed by atoms with Gasteiger partial charge in [-0.3, -0.25) is 0 Å². The molecule has 16 heavy (non-hydrogen) atoms. The second kappa shape index (κ2) is 3.22. The van der Waals surface area contributed by atoms with E-state index in [9.17, 15) is 4.39 Å². The second-order valence-corrected chi connectivity index (χ2v) is 5.80. The molecule has 2 heteroatoms. The molecule has 0 radical (unpaired) electrons. The van der Waals surface area contributed by atoms with Crippen LogP contribution in [0.5, 0.6) is 0 Å². The Bertz CT molecular complexity index is 413. The number of rotatable bonds is 1. The molecule has 0 bridgehead atoms. The summed E-state index contributed by atoms with van der Waals surface area (Å²) in [5.74, 6) is 0.813. The lowest BCUT2D eigenvalue weighted by molar-refractivity contribution is 0.0337. The third-order valence-electron chi connectivity index (χ3n) is 4.12. The minimum absolute atomic E-state index is 0.101. The molecule has 1 saturated carbocycles. The van der Waals surface area contributed by atoms with Gasteiger partial charge in [0.15, 0.2) is 0 Å². The molecule has 1 saturated heterocycles. The zero-order valence-electron chi connectivity index (χ0n) is 9.96. The maximum Gasteiger partial charge on any atom is 0.126 e. The van der Waals surface area contributed by atoms with E-state index >= 15 is 0 Å². The van der Waals surface area contributed by atoms with Crippen molar-refractivity contribution in [3.63, 3.8) is 0 Å². The van der Waals surface area contributed by atoms with E-state index in [2.05, 4.69) is 11.8 Å². The first-order valence-corrected chi connectivity index (χ1v) is 6.09. The highest BCUT2D eigenvalue weighted by Gasteiger charge is 2.50. The van der Waals surface area contributed by atoms with Crippen LogP contribution in [0.1, 0.15) is 25.3 Å². The predicted molar refractivity (Wildman–Crippen MR) is 64.2 cm³/mol. The largest absolute Gasteiger partial charge is 0.370 e. The molecular weight excluding hydrogens is 201 g/mol. The molecule has 0 N–H and O–H groups in total. The lowest BCUT2D eigenvalue weighted by Crippen LogP contribution is -2.62. The zero-order valence-corrected chi connectivity index (χ0v) is 9.96. The number of nitrogens with zero attached hydrogens (tertiary/aromatic N) is 1. The SMILES string of the molecule is Cc1cc(N2CC3(CC(C)C3)C2)ccc1F. The van der Waals surface area contributed by atoms with Crippen molar-refractivity contribution >= 4 is 5.69 Å². The summed E-state index contributed by atoms with van der Waals surface area (Å²) in [5.41, 5.74) is 2.55. The van der Waals surface area contributed by atoms with Crippen LogP contribution in [0.4, 0.5) is 10.1 Å². The molecule has 0 unspecified atom stereocenters. The minimum Gasteiger partial charge on any atom is -0.370 e. The van der Waals surface area contributed by atoms with Crippen LogP contribution in [0.2, 0.25) is 0 Å². The normalized spacial score (nSPS) is 23.1. The van der Waals surface area contributed by atoms with Gasteiger partial charge in [0.05, 0.1) is 0 Å². The zero-order chi connectivity index (χ0) is 11.3. The Kier molecular flexibility index (Phi) is 2.04. The molecule has 0 amide bonds. The molecule has 1 aliphatic heterocycles. The topological polar surface area (TPSA) is 3.24 Å². The van der Waals surface area contributed by atoms with E-state index in [0.29, 0.717) is 5.41 Å². The fourth-order valence-electron chi connectivity index (χ4n) is 3.45. The van der Waals surface area contributed by atoms with Crippen LogP contribution in [0, 0.1) is 24.1 Å². The number of hydrogen-bond donors (Lipinski definition) is 0. The summed E-state index contributed by atoms with van der Waals surface area (Å²) < 4.78 is 13.1. The highest BCUT2D eigenvalue weighted by molar-refractivity contribution is 5.52. The molecule has 2 aliphatic rings. The van der Waals surface area contributed by atoms with E-state index in [0.717, 1.165) is 11.5 Å². The summed E-state index contributed by atoms with van der Waals surface area (Å²) in [5, 5.41) is 0. The van der Waals surface area contributed by atoms with Gasteiger partial charge in [0, 0.05) is 24.2 Å². The average Bonchev–Trinajstić information content (AvgIpc) is 2.14. The van der Waals surface area contributed by atoms with E-state index in [1.54, 1.807) is 6.07 Å². The molecule has 1 aromatic rings. The van der Waals surface area contributed by atoms with Crippen LogP contribution in [0.3, 0.4) is 0 Å². The molecule has 1 aliphatic carbocycles. The quantitative estimate of drug-likeness (QED) is 0.700. The van der Waals surface area contributed by atoms with E-state index in [1.807, 2.05) is 19.1 Å². The van der Waals surface area contributed by atoms with Gasteiger partial charge in [-0.2, -0.15) is 0 Å². The number of benzene rings is 1. The summed E-state index contributed by atoms with van der Waals surface area (Å²) in [6, 6.07) is 5.45. The first-order chi connectivity index (χ1) is 7.58. The van der Waals surface area contributed by atoms with Crippen molar-refractivity contribution in [1.29, 1.82) is 0 Å². The minimum atomic E-state index is -0.101. The van der Waals surface area contributed by atoms with Crippen molar-refractivity contribution in [1.82, 2.24) is 0 Å². The fourth-order valence-corrected chi connectivity index (χ4v) is 3.45. The smallest absolute Gasteiger partial charge is 0.126 e. The van der Waals surface area contributed by atoms with Crippen molar-refractivity contribution < 1.29 is 4.39 Å². The Morgan fingerprint density at radius 2 is 2.00 bits per heavy atom. The summed E-state index contributed by atoms with van der Waals surface area (Å²) in [6.45, 7) is 6.50. The van der Waals surface area contributed by atoms with Gasteiger partial charge in [-0.15, -0.1) is 0 Å². The molecular formula is C14H18FN. The second-order valence-electron chi connectivity index (χ2n) is 5.80. The van der Waals surface area contributed by atoms with Gasteiger partial charge in [0.2, 0.25) is 0 Å². The molecule has 0 atom stereocenters. The molecule has 1 aromatic carbocycles. The third-order valence-corrected chi connectivity index (χ3v) is 4.12. The van der Waals surface area contributed by atoms with E-state index < -0.39 is 0 Å². The molecule has 1 heterocycles. The van der Waals surface area contributed by atoms with Crippen molar-refractivity contribution in [2.45, 2.75) is 26.7 Å². The number of anilines is 1. The van der Waals surface area contributed by atoms with Gasteiger partial charge in [-0.05, 0) is 49.4 Å². The number of aryl methyl sites for hydroxylation is 1. The van der Waals surface area contributed by atoms with Crippen molar-refractivity contribution in [2.75, 3.05) is 18.0 Å². The molecule has 1 nitrogen and oxygen atoms in total. The Morgan fingerprint density at radius 3 is 2.56 bits per heavy atom. The van der Waals surface area contributed by atoms with Crippen LogP contribution in [0.25, 0.3) is 0 Å². The Morgan fingerprint density at radius 1 is 1.31 bits per heavy atom. The van der Waals surface area contributed by atoms with Crippen molar-refractivity contribution in [3.8, 4) is 0 Å². The monoisotopic (exact) mass is 219 g/mol. The first-order valence-electron chi connectivity index (χ1n) is 6.09. The van der Waals surface area contributed by atoms with Crippen LogP contribution in [0.15, 0.2) is 18.2 Å². The molecule has 2 fully saturated rings. The summed E-state index contributed by atoms with van der Waals surface area (Å²) in [7, 11) is 0. The highest BCUT2D eigenvalue weighted by Crippen LogP contribution is 2.52. The van der Waals surface area contributed by atoms with Gasteiger partial charge in [-0.1, -0.05) is 6.92 Å². The van der Waals surface area contributed by atoms with Crippen LogP contribution >= 0.6 is 0 Å². The number of halogens is 1. The Hall–Kier alpha value is -1.05. The third kappa shape index (κ3) is 1.43. The van der Waals surface area contributed by atoms with Gasteiger partial charge in [0.25, 0.3) is 0 Å². The molecule has 86 valence electrons. The maximum absolute atomic E-state index is 13.1. The molecule has 3 rings (SSSR count). The fraction of sp³-hybridized carbons (Fsp3) is 0.571. The van der Waals surface area contributed by atoms with E-state index in [4.69, 9.17) is 0 Å².